The molecule has 0 unspecified atom stereocenters. The molecule has 7 heteroatoms. The largest absolute Gasteiger partial charge is 0.357 e. The number of hydrogen-bond donors (Lipinski definition) is 3. The Morgan fingerprint density at radius 1 is 1.29 bits per heavy atom. The third-order valence-corrected chi connectivity index (χ3v) is 4.29. The molecule has 1 saturated carbocycles. The van der Waals surface area contributed by atoms with Crippen LogP contribution in [0, 0.1) is 0 Å². The zero-order valence-electron chi connectivity index (χ0n) is 14.0. The molecule has 24 heavy (non-hydrogen) atoms. The number of amides is 1. The molecule has 0 aliphatic heterocycles. The zero-order valence-corrected chi connectivity index (χ0v) is 17.9. The maximum Gasteiger partial charge on any atom is 0.251 e. The number of aliphatic imine (C=N–C) groups is 1. The SMILES string of the molecule is CCNC(=NCCNC(=O)c1cccc(Br)c1)NC1CCCC1.I. The van der Waals surface area contributed by atoms with Crippen molar-refractivity contribution in [2.75, 3.05) is 19.6 Å². The van der Waals surface area contributed by atoms with Gasteiger partial charge in [0.15, 0.2) is 5.96 Å². The average Bonchev–Trinajstić information content (AvgIpc) is 3.04. The van der Waals surface area contributed by atoms with Gasteiger partial charge in [-0.3, -0.25) is 9.79 Å². The van der Waals surface area contributed by atoms with E-state index in [4.69, 9.17) is 0 Å². The number of nitrogens with one attached hydrogen (secondary N) is 3. The van der Waals surface area contributed by atoms with Gasteiger partial charge >= 0.3 is 0 Å². The highest BCUT2D eigenvalue weighted by atomic mass is 127. The lowest BCUT2D eigenvalue weighted by atomic mass is 10.2. The summed E-state index contributed by atoms with van der Waals surface area (Å²) in [5.41, 5.74) is 0.652. The van der Waals surface area contributed by atoms with Crippen molar-refractivity contribution in [2.24, 2.45) is 4.99 Å². The molecule has 2 rings (SSSR count). The molecule has 0 bridgehead atoms. The van der Waals surface area contributed by atoms with E-state index in [2.05, 4.69) is 43.8 Å². The minimum atomic E-state index is -0.0738. The van der Waals surface area contributed by atoms with E-state index in [0.29, 0.717) is 24.7 Å². The van der Waals surface area contributed by atoms with Crippen LogP contribution in [0.1, 0.15) is 43.0 Å². The van der Waals surface area contributed by atoms with Gasteiger partial charge < -0.3 is 16.0 Å². The van der Waals surface area contributed by atoms with E-state index in [1.807, 2.05) is 18.2 Å². The van der Waals surface area contributed by atoms with Crippen LogP contribution in [0.4, 0.5) is 0 Å². The Hall–Kier alpha value is -0.830. The Bertz CT molecular complexity index is 547. The van der Waals surface area contributed by atoms with Crippen LogP contribution in [-0.2, 0) is 0 Å². The molecular weight excluding hydrogens is 483 g/mol. The maximum absolute atomic E-state index is 12.0. The number of hydrogen-bond acceptors (Lipinski definition) is 2. The van der Waals surface area contributed by atoms with Crippen molar-refractivity contribution < 1.29 is 4.79 Å². The summed E-state index contributed by atoms with van der Waals surface area (Å²) in [6.45, 7) is 3.97. The summed E-state index contributed by atoms with van der Waals surface area (Å²) in [7, 11) is 0. The number of carbonyl (C=O) groups is 1. The van der Waals surface area contributed by atoms with E-state index in [9.17, 15) is 4.79 Å². The maximum atomic E-state index is 12.0. The predicted molar refractivity (Wildman–Crippen MR) is 113 cm³/mol. The normalized spacial score (nSPS) is 14.8. The first-order valence-corrected chi connectivity index (χ1v) is 9.07. The molecule has 1 aliphatic carbocycles. The lowest BCUT2D eigenvalue weighted by Gasteiger charge is -2.16. The van der Waals surface area contributed by atoms with Crippen molar-refractivity contribution in [1.29, 1.82) is 0 Å². The Labute approximate surface area is 169 Å². The first kappa shape index (κ1) is 21.2. The highest BCUT2D eigenvalue weighted by Gasteiger charge is 2.15. The number of guanidine groups is 1. The van der Waals surface area contributed by atoms with Crippen molar-refractivity contribution in [2.45, 2.75) is 38.6 Å². The van der Waals surface area contributed by atoms with E-state index in [-0.39, 0.29) is 29.9 Å². The van der Waals surface area contributed by atoms with Crippen LogP contribution in [0.15, 0.2) is 33.7 Å². The first-order valence-electron chi connectivity index (χ1n) is 8.27. The third-order valence-electron chi connectivity index (χ3n) is 3.79. The molecule has 0 atom stereocenters. The molecule has 0 radical (unpaired) electrons. The molecule has 0 spiro atoms. The van der Waals surface area contributed by atoms with E-state index in [0.717, 1.165) is 17.0 Å². The molecule has 1 amide bonds. The van der Waals surface area contributed by atoms with Gasteiger partial charge in [0.1, 0.15) is 0 Å². The Balaban J connectivity index is 0.00000288. The first-order chi connectivity index (χ1) is 11.2. The summed E-state index contributed by atoms with van der Waals surface area (Å²) < 4.78 is 0.901. The second-order valence-corrected chi connectivity index (χ2v) is 6.57. The van der Waals surface area contributed by atoms with Gasteiger partial charge in [-0.15, -0.1) is 24.0 Å². The van der Waals surface area contributed by atoms with Crippen LogP contribution in [0.25, 0.3) is 0 Å². The van der Waals surface area contributed by atoms with E-state index in [1.165, 1.54) is 25.7 Å². The topological polar surface area (TPSA) is 65.5 Å². The van der Waals surface area contributed by atoms with Crippen LogP contribution in [-0.4, -0.2) is 37.5 Å². The highest BCUT2D eigenvalue weighted by molar-refractivity contribution is 14.0. The number of carbonyl (C=O) groups excluding carboxylic acids is 1. The fourth-order valence-electron chi connectivity index (χ4n) is 2.65. The molecule has 0 saturated heterocycles. The Kier molecular flexibility index (Phi) is 10.3. The standard InChI is InChI=1S/C17H25BrN4O.HI/c1-2-19-17(22-15-8-3-4-9-15)21-11-10-20-16(23)13-6-5-7-14(18)12-13;/h5-7,12,15H,2-4,8-11H2,1H3,(H,20,23)(H2,19,21,22);1H. The van der Waals surface area contributed by atoms with Crippen molar-refractivity contribution in [1.82, 2.24) is 16.0 Å². The summed E-state index contributed by atoms with van der Waals surface area (Å²) >= 11 is 3.37. The molecule has 0 aromatic heterocycles. The van der Waals surface area contributed by atoms with Crippen molar-refractivity contribution in [3.05, 3.63) is 34.3 Å². The Morgan fingerprint density at radius 2 is 2.04 bits per heavy atom. The van der Waals surface area contributed by atoms with E-state index in [1.54, 1.807) is 6.07 Å². The molecule has 1 aliphatic rings. The second kappa shape index (κ2) is 11.7. The van der Waals surface area contributed by atoms with Crippen molar-refractivity contribution >= 4 is 51.8 Å². The minimum absolute atomic E-state index is 0. The van der Waals surface area contributed by atoms with Crippen LogP contribution < -0.4 is 16.0 Å². The lowest BCUT2D eigenvalue weighted by molar-refractivity contribution is 0.0954. The molecule has 5 nitrogen and oxygen atoms in total. The molecule has 1 aromatic rings. The van der Waals surface area contributed by atoms with E-state index < -0.39 is 0 Å². The van der Waals surface area contributed by atoms with Crippen LogP contribution in [0.2, 0.25) is 0 Å². The predicted octanol–water partition coefficient (Wildman–Crippen LogP) is 3.29. The average molecular weight is 509 g/mol. The molecule has 1 fully saturated rings. The highest BCUT2D eigenvalue weighted by Crippen LogP contribution is 2.17. The van der Waals surface area contributed by atoms with Crippen molar-refractivity contribution in [3.8, 4) is 0 Å². The van der Waals surface area contributed by atoms with Gasteiger partial charge in [0.25, 0.3) is 5.91 Å². The summed E-state index contributed by atoms with van der Waals surface area (Å²) in [6, 6.07) is 7.90. The fourth-order valence-corrected chi connectivity index (χ4v) is 3.05. The summed E-state index contributed by atoms with van der Waals surface area (Å²) in [6.07, 6.45) is 5.01. The van der Waals surface area contributed by atoms with Gasteiger partial charge in [-0.1, -0.05) is 34.8 Å². The summed E-state index contributed by atoms with van der Waals surface area (Å²) in [5, 5.41) is 9.62. The monoisotopic (exact) mass is 508 g/mol. The molecule has 3 N–H and O–H groups in total. The Morgan fingerprint density at radius 3 is 2.71 bits per heavy atom. The number of halogens is 2. The third kappa shape index (κ3) is 7.38. The van der Waals surface area contributed by atoms with Gasteiger partial charge in [-0.2, -0.15) is 0 Å². The number of rotatable bonds is 6. The molecule has 0 heterocycles. The van der Waals surface area contributed by atoms with Crippen LogP contribution in [0.3, 0.4) is 0 Å². The van der Waals surface area contributed by atoms with Gasteiger partial charge in [0.05, 0.1) is 6.54 Å². The van der Waals surface area contributed by atoms with Gasteiger partial charge in [-0.05, 0) is 38.0 Å². The molecular formula is C17H26BrIN4O. The van der Waals surface area contributed by atoms with Crippen LogP contribution >= 0.6 is 39.9 Å². The summed E-state index contributed by atoms with van der Waals surface area (Å²) in [4.78, 5) is 16.6. The van der Waals surface area contributed by atoms with Gasteiger partial charge in [0, 0.05) is 29.2 Å². The van der Waals surface area contributed by atoms with Crippen molar-refractivity contribution in [3.63, 3.8) is 0 Å². The number of benzene rings is 1. The number of nitrogens with zero attached hydrogens (tertiary/aromatic N) is 1. The molecule has 134 valence electrons. The quantitative estimate of drug-likeness (QED) is 0.239. The van der Waals surface area contributed by atoms with Gasteiger partial charge in [-0.25, -0.2) is 0 Å². The second-order valence-electron chi connectivity index (χ2n) is 5.65. The lowest BCUT2D eigenvalue weighted by Crippen LogP contribution is -2.42. The van der Waals surface area contributed by atoms with Gasteiger partial charge in [0.2, 0.25) is 0 Å². The van der Waals surface area contributed by atoms with Crippen LogP contribution in [0.5, 0.6) is 0 Å². The van der Waals surface area contributed by atoms with E-state index >= 15 is 0 Å². The smallest absolute Gasteiger partial charge is 0.251 e. The fraction of sp³-hybridized carbons (Fsp3) is 0.529. The summed E-state index contributed by atoms with van der Waals surface area (Å²) in [5.74, 6) is 0.770. The molecule has 1 aromatic carbocycles. The minimum Gasteiger partial charge on any atom is -0.357 e. The zero-order chi connectivity index (χ0) is 16.5.